The van der Waals surface area contributed by atoms with Crippen molar-refractivity contribution in [3.63, 3.8) is 0 Å². The normalized spacial score (nSPS) is 14.9. The zero-order valence-electron chi connectivity index (χ0n) is 10.1. The molecule has 3 rings (SSSR count). The minimum Gasteiger partial charge on any atom is -0.334 e. The van der Waals surface area contributed by atoms with Gasteiger partial charge in [-0.1, -0.05) is 0 Å². The molecule has 0 bridgehead atoms. The molecule has 0 unspecified atom stereocenters. The molecule has 98 valence electrons. The number of nitrogens with zero attached hydrogens (tertiary/aromatic N) is 1. The molecule has 1 amide bonds. The van der Waals surface area contributed by atoms with Gasteiger partial charge in [0, 0.05) is 28.9 Å². The lowest BCUT2D eigenvalue weighted by Crippen LogP contribution is -2.34. The molecule has 0 fully saturated rings. The zero-order chi connectivity index (χ0) is 13.2. The quantitative estimate of drug-likeness (QED) is 0.742. The van der Waals surface area contributed by atoms with Gasteiger partial charge in [-0.05, 0) is 57.6 Å². The van der Waals surface area contributed by atoms with E-state index in [2.05, 4.69) is 27.4 Å². The largest absolute Gasteiger partial charge is 0.334 e. The van der Waals surface area contributed by atoms with Crippen molar-refractivity contribution in [1.29, 1.82) is 0 Å². The number of halogens is 1. The van der Waals surface area contributed by atoms with E-state index in [0.717, 1.165) is 28.2 Å². The summed E-state index contributed by atoms with van der Waals surface area (Å²) in [5.74, 6) is 0.0985. The van der Waals surface area contributed by atoms with E-state index in [1.807, 2.05) is 23.1 Å². The lowest BCUT2D eigenvalue weighted by molar-refractivity contribution is -0.126. The number of carbonyl (C=O) groups is 1. The van der Waals surface area contributed by atoms with Crippen LogP contribution in [0.25, 0.3) is 6.08 Å². The maximum Gasteiger partial charge on any atom is 0.246 e. The van der Waals surface area contributed by atoms with Crippen molar-refractivity contribution >= 4 is 50.6 Å². The van der Waals surface area contributed by atoms with Gasteiger partial charge in [-0.25, -0.2) is 0 Å². The van der Waals surface area contributed by atoms with Gasteiger partial charge in [-0.15, -0.1) is 22.7 Å². The molecule has 5 heteroatoms. The topological polar surface area (TPSA) is 20.3 Å². The summed E-state index contributed by atoms with van der Waals surface area (Å²) in [6.07, 6.45) is 4.55. The van der Waals surface area contributed by atoms with Gasteiger partial charge in [0.05, 0.1) is 3.79 Å². The first-order valence-electron chi connectivity index (χ1n) is 6.00. The second-order valence-electron chi connectivity index (χ2n) is 4.35. The molecule has 0 saturated heterocycles. The maximum atomic E-state index is 12.1. The Balaban J connectivity index is 1.67. The number of carbonyl (C=O) groups excluding carboxylic acids is 1. The van der Waals surface area contributed by atoms with E-state index in [0.29, 0.717) is 0 Å². The number of amides is 1. The van der Waals surface area contributed by atoms with Gasteiger partial charge >= 0.3 is 0 Å². The molecule has 2 aromatic rings. The van der Waals surface area contributed by atoms with Crippen molar-refractivity contribution in [2.24, 2.45) is 0 Å². The first-order chi connectivity index (χ1) is 9.22. The number of thiophene rings is 2. The average Bonchev–Trinajstić information content (AvgIpc) is 3.03. The third-order valence-corrected chi connectivity index (χ3v) is 5.72. The van der Waals surface area contributed by atoms with Gasteiger partial charge in [0.25, 0.3) is 0 Å². The van der Waals surface area contributed by atoms with E-state index in [1.165, 1.54) is 10.4 Å². The van der Waals surface area contributed by atoms with Crippen LogP contribution < -0.4 is 0 Å². The second kappa shape index (κ2) is 5.61. The highest BCUT2D eigenvalue weighted by molar-refractivity contribution is 9.11. The van der Waals surface area contributed by atoms with Gasteiger partial charge in [0.15, 0.2) is 0 Å². The Morgan fingerprint density at radius 2 is 2.26 bits per heavy atom. The molecule has 19 heavy (non-hydrogen) atoms. The molecule has 0 spiro atoms. The van der Waals surface area contributed by atoms with E-state index in [1.54, 1.807) is 28.7 Å². The van der Waals surface area contributed by atoms with Crippen LogP contribution in [0.2, 0.25) is 0 Å². The predicted octanol–water partition coefficient (Wildman–Crippen LogP) is 4.17. The molecule has 0 saturated carbocycles. The maximum absolute atomic E-state index is 12.1. The minimum atomic E-state index is 0.0985. The first-order valence-corrected chi connectivity index (χ1v) is 8.49. The van der Waals surface area contributed by atoms with E-state index < -0.39 is 0 Å². The van der Waals surface area contributed by atoms with Crippen LogP contribution >= 0.6 is 38.6 Å². The van der Waals surface area contributed by atoms with Crippen molar-refractivity contribution in [2.75, 3.05) is 6.54 Å². The summed E-state index contributed by atoms with van der Waals surface area (Å²) in [6, 6.07) is 6.12. The molecule has 2 nitrogen and oxygen atoms in total. The summed E-state index contributed by atoms with van der Waals surface area (Å²) < 4.78 is 1.08. The lowest BCUT2D eigenvalue weighted by atomic mass is 10.1. The number of fused-ring (bicyclic) bond motifs is 1. The van der Waals surface area contributed by atoms with Gasteiger partial charge in [-0.3, -0.25) is 4.79 Å². The smallest absolute Gasteiger partial charge is 0.246 e. The van der Waals surface area contributed by atoms with Gasteiger partial charge in [0.1, 0.15) is 0 Å². The molecule has 3 heterocycles. The van der Waals surface area contributed by atoms with Crippen LogP contribution in [0.3, 0.4) is 0 Å². The summed E-state index contributed by atoms with van der Waals surface area (Å²) in [5, 5.41) is 2.11. The highest BCUT2D eigenvalue weighted by Crippen LogP contribution is 2.25. The Labute approximate surface area is 128 Å². The highest BCUT2D eigenvalue weighted by Gasteiger charge is 2.19. The molecule has 1 aliphatic rings. The van der Waals surface area contributed by atoms with Gasteiger partial charge in [-0.2, -0.15) is 0 Å². The van der Waals surface area contributed by atoms with Crippen molar-refractivity contribution in [3.05, 3.63) is 48.8 Å². The van der Waals surface area contributed by atoms with Crippen molar-refractivity contribution in [3.8, 4) is 0 Å². The van der Waals surface area contributed by atoms with E-state index >= 15 is 0 Å². The van der Waals surface area contributed by atoms with Crippen molar-refractivity contribution < 1.29 is 4.79 Å². The molecule has 0 atom stereocenters. The Morgan fingerprint density at radius 1 is 1.37 bits per heavy atom. The van der Waals surface area contributed by atoms with Gasteiger partial charge in [0.2, 0.25) is 5.91 Å². The molecule has 2 aromatic heterocycles. The fourth-order valence-corrected chi connectivity index (χ4v) is 4.33. The fourth-order valence-electron chi connectivity index (χ4n) is 2.11. The summed E-state index contributed by atoms with van der Waals surface area (Å²) in [6.45, 7) is 1.57. The molecule has 0 aromatic carbocycles. The van der Waals surface area contributed by atoms with Crippen LogP contribution in [0, 0.1) is 0 Å². The standard InChI is InChI=1S/C14H12BrNOS2/c15-13-3-1-11(19-13)2-4-14(17)16-7-5-12-10(9-16)6-8-18-12/h1-4,6,8H,5,7,9H2/b4-2+. The predicted molar refractivity (Wildman–Crippen MR) is 84.5 cm³/mol. The van der Waals surface area contributed by atoms with Crippen LogP contribution in [-0.4, -0.2) is 17.4 Å². The Bertz CT molecular complexity index is 629. The van der Waals surface area contributed by atoms with Crippen LogP contribution in [0.5, 0.6) is 0 Å². The Kier molecular flexibility index (Phi) is 3.86. The van der Waals surface area contributed by atoms with Crippen LogP contribution in [0.15, 0.2) is 33.4 Å². The van der Waals surface area contributed by atoms with Crippen molar-refractivity contribution in [1.82, 2.24) is 4.90 Å². The third kappa shape index (κ3) is 2.99. The summed E-state index contributed by atoms with van der Waals surface area (Å²) in [4.78, 5) is 16.6. The van der Waals surface area contributed by atoms with E-state index in [-0.39, 0.29) is 5.91 Å². The van der Waals surface area contributed by atoms with Crippen LogP contribution in [0.4, 0.5) is 0 Å². The van der Waals surface area contributed by atoms with Gasteiger partial charge < -0.3 is 4.90 Å². The lowest BCUT2D eigenvalue weighted by Gasteiger charge is -2.25. The molecule has 0 aliphatic carbocycles. The second-order valence-corrected chi connectivity index (χ2v) is 7.85. The number of rotatable bonds is 2. The molecular formula is C14H12BrNOS2. The van der Waals surface area contributed by atoms with E-state index in [9.17, 15) is 4.79 Å². The summed E-state index contributed by atoms with van der Waals surface area (Å²) in [5.41, 5.74) is 1.30. The minimum absolute atomic E-state index is 0.0985. The average molecular weight is 354 g/mol. The monoisotopic (exact) mass is 353 g/mol. The number of hydrogen-bond acceptors (Lipinski definition) is 3. The van der Waals surface area contributed by atoms with Crippen LogP contribution in [-0.2, 0) is 17.8 Å². The third-order valence-electron chi connectivity index (χ3n) is 3.10. The van der Waals surface area contributed by atoms with Crippen molar-refractivity contribution in [2.45, 2.75) is 13.0 Å². The fraction of sp³-hybridized carbons (Fsp3) is 0.214. The summed E-state index contributed by atoms with van der Waals surface area (Å²) in [7, 11) is 0. The van der Waals surface area contributed by atoms with Crippen LogP contribution in [0.1, 0.15) is 15.3 Å². The van der Waals surface area contributed by atoms with E-state index in [4.69, 9.17) is 0 Å². The Morgan fingerprint density at radius 3 is 3.05 bits per heavy atom. The number of hydrogen-bond donors (Lipinski definition) is 0. The zero-order valence-corrected chi connectivity index (χ0v) is 13.4. The SMILES string of the molecule is O=C(/C=C/c1ccc(Br)s1)N1CCc2sccc2C1. The Hall–Kier alpha value is -0.910. The molecule has 1 aliphatic heterocycles. The molecule has 0 radical (unpaired) electrons. The molecule has 0 N–H and O–H groups in total. The first kappa shape index (κ1) is 13.1. The molecular weight excluding hydrogens is 342 g/mol. The highest BCUT2D eigenvalue weighted by atomic mass is 79.9. The summed E-state index contributed by atoms with van der Waals surface area (Å²) >= 11 is 6.84.